The van der Waals surface area contributed by atoms with E-state index in [1.54, 1.807) is 0 Å². The molecule has 0 radical (unpaired) electrons. The van der Waals surface area contributed by atoms with Crippen LogP contribution in [0.3, 0.4) is 0 Å². The molecule has 0 amide bonds. The van der Waals surface area contributed by atoms with Crippen molar-refractivity contribution < 1.29 is 0 Å². The fraction of sp³-hybridized carbons (Fsp3) is 0.200. The van der Waals surface area contributed by atoms with Gasteiger partial charge < -0.3 is 19.6 Å². The lowest BCUT2D eigenvalue weighted by atomic mass is 10.2. The minimum Gasteiger partial charge on any atom is -0.354 e. The second kappa shape index (κ2) is 5.62. The zero-order valence-electron chi connectivity index (χ0n) is 14.9. The summed E-state index contributed by atoms with van der Waals surface area (Å²) >= 11 is 0. The number of anilines is 6. The quantitative estimate of drug-likeness (QED) is 0.708. The molecule has 130 valence electrons. The van der Waals surface area contributed by atoms with Gasteiger partial charge in [-0.15, -0.1) is 0 Å². The fourth-order valence-electron chi connectivity index (χ4n) is 3.74. The van der Waals surface area contributed by atoms with E-state index in [0.717, 1.165) is 47.7 Å². The van der Waals surface area contributed by atoms with Crippen LogP contribution in [-0.4, -0.2) is 37.4 Å². The largest absolute Gasteiger partial charge is 0.354 e. The first-order chi connectivity index (χ1) is 12.7. The average Bonchev–Trinajstić information content (AvgIpc) is 3.20. The highest BCUT2D eigenvalue weighted by atomic mass is 15.4. The van der Waals surface area contributed by atoms with E-state index in [1.165, 1.54) is 0 Å². The lowest BCUT2D eigenvalue weighted by molar-refractivity contribution is 0.933. The van der Waals surface area contributed by atoms with E-state index in [2.05, 4.69) is 80.1 Å². The molecule has 0 N–H and O–H groups in total. The predicted molar refractivity (Wildman–Crippen MR) is 106 cm³/mol. The van der Waals surface area contributed by atoms with Crippen LogP contribution in [0.4, 0.5) is 34.4 Å². The van der Waals surface area contributed by atoms with Crippen molar-refractivity contribution in [3.8, 4) is 0 Å². The SMILES string of the molecule is CN1CN(c2cccc(N3CN(C)c4cccnc43)c2)c2ncccc21. The van der Waals surface area contributed by atoms with Crippen LogP contribution in [0, 0.1) is 0 Å². The molecule has 0 spiro atoms. The van der Waals surface area contributed by atoms with Crippen molar-refractivity contribution in [3.05, 3.63) is 60.9 Å². The van der Waals surface area contributed by atoms with Crippen molar-refractivity contribution in [2.24, 2.45) is 0 Å². The summed E-state index contributed by atoms with van der Waals surface area (Å²) in [5.74, 6) is 2.01. The highest BCUT2D eigenvalue weighted by Crippen LogP contribution is 2.41. The van der Waals surface area contributed by atoms with Crippen LogP contribution < -0.4 is 19.6 Å². The van der Waals surface area contributed by atoms with Crippen LogP contribution >= 0.6 is 0 Å². The Balaban J connectivity index is 1.54. The van der Waals surface area contributed by atoms with Gasteiger partial charge in [0.05, 0.1) is 24.7 Å². The van der Waals surface area contributed by atoms with Crippen molar-refractivity contribution >= 4 is 34.4 Å². The molecule has 1 aromatic carbocycles. The van der Waals surface area contributed by atoms with Crippen LogP contribution in [0.25, 0.3) is 0 Å². The predicted octanol–water partition coefficient (Wildman–Crippen LogP) is 3.57. The molecule has 2 aliphatic rings. The minimum atomic E-state index is 0.796. The van der Waals surface area contributed by atoms with Gasteiger partial charge in [-0.1, -0.05) is 6.07 Å². The van der Waals surface area contributed by atoms with E-state index in [1.807, 2.05) is 24.5 Å². The maximum Gasteiger partial charge on any atom is 0.158 e. The normalized spacial score (nSPS) is 15.5. The Kier molecular flexibility index (Phi) is 3.25. The number of rotatable bonds is 2. The smallest absolute Gasteiger partial charge is 0.158 e. The molecular weight excluding hydrogens is 324 g/mol. The van der Waals surface area contributed by atoms with Gasteiger partial charge in [0.1, 0.15) is 0 Å². The van der Waals surface area contributed by atoms with Gasteiger partial charge in [0.15, 0.2) is 11.6 Å². The van der Waals surface area contributed by atoms with Crippen molar-refractivity contribution in [2.45, 2.75) is 0 Å². The maximum absolute atomic E-state index is 4.59. The number of benzene rings is 1. The molecule has 6 nitrogen and oxygen atoms in total. The standard InChI is InChI=1S/C20H20N6/c1-23-13-25(19-17(23)8-4-10-21-19)15-6-3-7-16(12-15)26-14-24(2)18-9-5-11-22-20(18)26/h3-12H,13-14H2,1-2H3. The van der Waals surface area contributed by atoms with E-state index >= 15 is 0 Å². The Labute approximate surface area is 152 Å². The van der Waals surface area contributed by atoms with Gasteiger partial charge in [-0.05, 0) is 42.5 Å². The van der Waals surface area contributed by atoms with Gasteiger partial charge in [0.2, 0.25) is 0 Å². The van der Waals surface area contributed by atoms with Gasteiger partial charge in [-0.3, -0.25) is 0 Å². The van der Waals surface area contributed by atoms with Crippen LogP contribution in [0.1, 0.15) is 0 Å². The molecule has 0 fully saturated rings. The van der Waals surface area contributed by atoms with Gasteiger partial charge in [0.25, 0.3) is 0 Å². The van der Waals surface area contributed by atoms with Crippen molar-refractivity contribution in [2.75, 3.05) is 47.0 Å². The van der Waals surface area contributed by atoms with Crippen molar-refractivity contribution in [1.29, 1.82) is 0 Å². The highest BCUT2D eigenvalue weighted by Gasteiger charge is 2.28. The van der Waals surface area contributed by atoms with Gasteiger partial charge in [-0.25, -0.2) is 9.97 Å². The summed E-state index contributed by atoms with van der Waals surface area (Å²) in [6.07, 6.45) is 3.70. The lowest BCUT2D eigenvalue weighted by Crippen LogP contribution is -2.26. The molecule has 3 aromatic rings. The molecule has 0 bridgehead atoms. The molecule has 0 aliphatic carbocycles. The van der Waals surface area contributed by atoms with Crippen LogP contribution in [0.5, 0.6) is 0 Å². The summed E-state index contributed by atoms with van der Waals surface area (Å²) in [6, 6.07) is 16.8. The number of hydrogen-bond acceptors (Lipinski definition) is 6. The summed E-state index contributed by atoms with van der Waals surface area (Å²) in [7, 11) is 4.19. The van der Waals surface area contributed by atoms with E-state index in [9.17, 15) is 0 Å². The summed E-state index contributed by atoms with van der Waals surface area (Å²) in [6.45, 7) is 1.59. The second-order valence-corrected chi connectivity index (χ2v) is 6.75. The number of hydrogen-bond donors (Lipinski definition) is 0. The minimum absolute atomic E-state index is 0.796. The van der Waals surface area contributed by atoms with Crippen LogP contribution in [0.2, 0.25) is 0 Å². The molecule has 0 saturated carbocycles. The monoisotopic (exact) mass is 344 g/mol. The van der Waals surface area contributed by atoms with E-state index in [4.69, 9.17) is 0 Å². The molecule has 4 heterocycles. The Morgan fingerprint density at radius 1 is 0.692 bits per heavy atom. The summed E-state index contributed by atoms with van der Waals surface area (Å²) < 4.78 is 0. The van der Waals surface area contributed by atoms with Crippen molar-refractivity contribution in [1.82, 2.24) is 9.97 Å². The number of pyridine rings is 2. The molecule has 0 atom stereocenters. The first kappa shape index (κ1) is 15.0. The number of nitrogens with zero attached hydrogens (tertiary/aromatic N) is 6. The third-order valence-electron chi connectivity index (χ3n) is 5.03. The summed E-state index contributed by atoms with van der Waals surface area (Å²) in [4.78, 5) is 18.1. The van der Waals surface area contributed by atoms with Crippen molar-refractivity contribution in [3.63, 3.8) is 0 Å². The molecule has 0 unspecified atom stereocenters. The average molecular weight is 344 g/mol. The zero-order chi connectivity index (χ0) is 17.7. The fourth-order valence-corrected chi connectivity index (χ4v) is 3.74. The Morgan fingerprint density at radius 3 is 1.69 bits per heavy atom. The molecule has 26 heavy (non-hydrogen) atoms. The van der Waals surface area contributed by atoms with E-state index in [-0.39, 0.29) is 0 Å². The first-order valence-corrected chi connectivity index (χ1v) is 8.70. The summed E-state index contributed by atoms with van der Waals surface area (Å²) in [5, 5.41) is 0. The van der Waals surface area contributed by atoms with Crippen LogP contribution in [-0.2, 0) is 0 Å². The molecule has 6 heteroatoms. The van der Waals surface area contributed by atoms with Gasteiger partial charge in [-0.2, -0.15) is 0 Å². The molecule has 0 saturated heterocycles. The Hall–Kier alpha value is -3.28. The summed E-state index contributed by atoms with van der Waals surface area (Å²) in [5.41, 5.74) is 4.59. The highest BCUT2D eigenvalue weighted by molar-refractivity contribution is 5.83. The van der Waals surface area contributed by atoms with Crippen LogP contribution in [0.15, 0.2) is 60.9 Å². The molecule has 2 aliphatic heterocycles. The van der Waals surface area contributed by atoms with Gasteiger partial charge in [0, 0.05) is 37.9 Å². The topological polar surface area (TPSA) is 38.7 Å². The van der Waals surface area contributed by atoms with E-state index < -0.39 is 0 Å². The maximum atomic E-state index is 4.59. The Morgan fingerprint density at radius 2 is 1.19 bits per heavy atom. The Bertz CT molecular complexity index is 897. The molecule has 2 aromatic heterocycles. The third-order valence-corrected chi connectivity index (χ3v) is 5.03. The number of aromatic nitrogens is 2. The van der Waals surface area contributed by atoms with Gasteiger partial charge >= 0.3 is 0 Å². The molecule has 5 rings (SSSR count). The zero-order valence-corrected chi connectivity index (χ0v) is 14.9. The first-order valence-electron chi connectivity index (χ1n) is 8.70. The third kappa shape index (κ3) is 2.19. The lowest BCUT2D eigenvalue weighted by Gasteiger charge is -2.23. The van der Waals surface area contributed by atoms with E-state index in [0.29, 0.717) is 0 Å². The second-order valence-electron chi connectivity index (χ2n) is 6.75. The molecular formula is C20H20N6. The number of fused-ring (bicyclic) bond motifs is 2.